The Morgan fingerprint density at radius 3 is 2.48 bits per heavy atom. The monoisotopic (exact) mass is 291 g/mol. The summed E-state index contributed by atoms with van der Waals surface area (Å²) >= 11 is 0. The van der Waals surface area contributed by atoms with E-state index in [-0.39, 0.29) is 12.0 Å². The quantitative estimate of drug-likeness (QED) is 0.864. The number of aliphatic hydroxyl groups is 1. The summed E-state index contributed by atoms with van der Waals surface area (Å²) in [6.07, 6.45) is 0.224. The number of carbonyl (C=O) groups is 1. The summed E-state index contributed by atoms with van der Waals surface area (Å²) in [6, 6.07) is 9.69. The summed E-state index contributed by atoms with van der Waals surface area (Å²) < 4.78 is 5.40. The maximum Gasteiger partial charge on any atom is 0.410 e. The van der Waals surface area contributed by atoms with Crippen molar-refractivity contribution in [2.45, 2.75) is 45.3 Å². The molecule has 1 N–H and O–H groups in total. The maximum atomic E-state index is 12.1. The minimum absolute atomic E-state index is 0.0406. The standard InChI is InChI=1S/C17H25NO3/c1-13-12-18(15(19)21-16(2,3)4)11-10-17(13,20)14-8-6-5-7-9-14/h5-9,13,20H,10-12H2,1-4H3. The number of hydrogen-bond donors (Lipinski definition) is 1. The van der Waals surface area contributed by atoms with E-state index >= 15 is 0 Å². The molecule has 1 amide bonds. The van der Waals surface area contributed by atoms with Crippen LogP contribution >= 0.6 is 0 Å². The van der Waals surface area contributed by atoms with Gasteiger partial charge >= 0.3 is 6.09 Å². The van der Waals surface area contributed by atoms with Crippen LogP contribution in [0.3, 0.4) is 0 Å². The Kier molecular flexibility index (Phi) is 4.28. The molecule has 0 radical (unpaired) electrons. The predicted molar refractivity (Wildman–Crippen MR) is 81.9 cm³/mol. The first kappa shape index (κ1) is 15.8. The Morgan fingerprint density at radius 1 is 1.33 bits per heavy atom. The highest BCUT2D eigenvalue weighted by Gasteiger charge is 2.42. The van der Waals surface area contributed by atoms with E-state index in [0.717, 1.165) is 5.56 Å². The fourth-order valence-electron chi connectivity index (χ4n) is 2.77. The molecule has 4 heteroatoms. The van der Waals surface area contributed by atoms with Crippen LogP contribution in [0.25, 0.3) is 0 Å². The molecule has 0 aliphatic carbocycles. The van der Waals surface area contributed by atoms with E-state index in [1.807, 2.05) is 58.0 Å². The van der Waals surface area contributed by atoms with Gasteiger partial charge in [-0.25, -0.2) is 4.79 Å². The zero-order valence-corrected chi connectivity index (χ0v) is 13.3. The summed E-state index contributed by atoms with van der Waals surface area (Å²) in [7, 11) is 0. The van der Waals surface area contributed by atoms with Gasteiger partial charge in [-0.05, 0) is 32.8 Å². The van der Waals surface area contributed by atoms with E-state index in [2.05, 4.69) is 0 Å². The molecule has 21 heavy (non-hydrogen) atoms. The first-order chi connectivity index (χ1) is 9.72. The molecule has 0 aromatic heterocycles. The molecule has 116 valence electrons. The second-order valence-electron chi connectivity index (χ2n) is 6.87. The molecule has 1 saturated heterocycles. The molecule has 1 fully saturated rings. The van der Waals surface area contributed by atoms with Crippen molar-refractivity contribution in [3.05, 3.63) is 35.9 Å². The summed E-state index contributed by atoms with van der Waals surface area (Å²) in [5.41, 5.74) is -0.450. The van der Waals surface area contributed by atoms with Gasteiger partial charge in [-0.2, -0.15) is 0 Å². The summed E-state index contributed by atoms with van der Waals surface area (Å²) in [5.74, 6) is -0.0406. The molecule has 4 nitrogen and oxygen atoms in total. The van der Waals surface area contributed by atoms with E-state index in [9.17, 15) is 9.90 Å². The third-order valence-electron chi connectivity index (χ3n) is 4.00. The lowest BCUT2D eigenvalue weighted by atomic mass is 9.77. The minimum atomic E-state index is -0.875. The van der Waals surface area contributed by atoms with E-state index in [1.165, 1.54) is 0 Å². The number of carbonyl (C=O) groups excluding carboxylic acids is 1. The van der Waals surface area contributed by atoms with Gasteiger partial charge in [0.1, 0.15) is 5.60 Å². The van der Waals surface area contributed by atoms with Crippen LogP contribution in [-0.4, -0.2) is 34.8 Å². The number of ether oxygens (including phenoxy) is 1. The lowest BCUT2D eigenvalue weighted by Gasteiger charge is -2.43. The second-order valence-corrected chi connectivity index (χ2v) is 6.87. The Labute approximate surface area is 126 Å². The highest BCUT2D eigenvalue weighted by atomic mass is 16.6. The molecule has 1 aliphatic rings. The van der Waals surface area contributed by atoms with Gasteiger partial charge in [0, 0.05) is 19.0 Å². The molecule has 0 bridgehead atoms. The van der Waals surface area contributed by atoms with Gasteiger partial charge in [0.25, 0.3) is 0 Å². The average molecular weight is 291 g/mol. The SMILES string of the molecule is CC1CN(C(=O)OC(C)(C)C)CCC1(O)c1ccccc1. The predicted octanol–water partition coefficient (Wildman–Crippen LogP) is 3.15. The van der Waals surface area contributed by atoms with E-state index < -0.39 is 11.2 Å². The minimum Gasteiger partial charge on any atom is -0.444 e. The molecule has 1 aromatic carbocycles. The first-order valence-electron chi connectivity index (χ1n) is 7.48. The smallest absolute Gasteiger partial charge is 0.410 e. The van der Waals surface area contributed by atoms with Crippen LogP contribution in [0.4, 0.5) is 4.79 Å². The molecule has 1 aliphatic heterocycles. The van der Waals surface area contributed by atoms with Crippen molar-refractivity contribution in [1.29, 1.82) is 0 Å². The largest absolute Gasteiger partial charge is 0.444 e. The molecule has 2 atom stereocenters. The zero-order valence-electron chi connectivity index (χ0n) is 13.3. The van der Waals surface area contributed by atoms with Gasteiger partial charge in [0.2, 0.25) is 0 Å². The molecule has 2 unspecified atom stereocenters. The molecule has 1 aromatic rings. The molecule has 0 saturated carbocycles. The maximum absolute atomic E-state index is 12.1. The molecular formula is C17H25NO3. The van der Waals surface area contributed by atoms with Crippen LogP contribution in [0.5, 0.6) is 0 Å². The van der Waals surface area contributed by atoms with Crippen LogP contribution in [-0.2, 0) is 10.3 Å². The van der Waals surface area contributed by atoms with Gasteiger partial charge in [-0.15, -0.1) is 0 Å². The zero-order chi connectivity index (χ0) is 15.7. The second kappa shape index (κ2) is 5.68. The Morgan fingerprint density at radius 2 is 1.95 bits per heavy atom. The number of nitrogens with zero attached hydrogens (tertiary/aromatic N) is 1. The topological polar surface area (TPSA) is 49.8 Å². The molecule has 1 heterocycles. The van der Waals surface area contributed by atoms with Crippen molar-refractivity contribution in [3.63, 3.8) is 0 Å². The Hall–Kier alpha value is -1.55. The molecule has 0 spiro atoms. The number of amides is 1. The highest BCUT2D eigenvalue weighted by Crippen LogP contribution is 2.37. The first-order valence-corrected chi connectivity index (χ1v) is 7.48. The van der Waals surface area contributed by atoms with Crippen molar-refractivity contribution in [2.75, 3.05) is 13.1 Å². The van der Waals surface area contributed by atoms with Crippen molar-refractivity contribution < 1.29 is 14.6 Å². The van der Waals surface area contributed by atoms with Crippen molar-refractivity contribution in [3.8, 4) is 0 Å². The van der Waals surface area contributed by atoms with E-state index in [4.69, 9.17) is 4.74 Å². The van der Waals surface area contributed by atoms with Gasteiger partial charge in [-0.3, -0.25) is 0 Å². The summed E-state index contributed by atoms with van der Waals surface area (Å²) in [6.45, 7) is 8.56. The number of hydrogen-bond acceptors (Lipinski definition) is 3. The number of piperidine rings is 1. The van der Waals surface area contributed by atoms with Gasteiger partial charge in [-0.1, -0.05) is 37.3 Å². The van der Waals surface area contributed by atoms with E-state index in [1.54, 1.807) is 4.90 Å². The van der Waals surface area contributed by atoms with Crippen LogP contribution < -0.4 is 0 Å². The molecular weight excluding hydrogens is 266 g/mol. The fraction of sp³-hybridized carbons (Fsp3) is 0.588. The van der Waals surface area contributed by atoms with Crippen LogP contribution in [0.15, 0.2) is 30.3 Å². The fourth-order valence-corrected chi connectivity index (χ4v) is 2.77. The lowest BCUT2D eigenvalue weighted by Crippen LogP contribution is -2.51. The van der Waals surface area contributed by atoms with Gasteiger partial charge in [0.15, 0.2) is 0 Å². The number of rotatable bonds is 1. The van der Waals surface area contributed by atoms with Gasteiger partial charge in [0.05, 0.1) is 5.60 Å². The van der Waals surface area contributed by atoms with Gasteiger partial charge < -0.3 is 14.7 Å². The third-order valence-corrected chi connectivity index (χ3v) is 4.00. The summed E-state index contributed by atoms with van der Waals surface area (Å²) in [4.78, 5) is 13.8. The van der Waals surface area contributed by atoms with Crippen molar-refractivity contribution in [2.24, 2.45) is 5.92 Å². The average Bonchev–Trinajstić information content (AvgIpc) is 2.41. The molecule has 2 rings (SSSR count). The highest BCUT2D eigenvalue weighted by molar-refractivity contribution is 5.68. The Bertz CT molecular complexity index is 495. The van der Waals surface area contributed by atoms with Crippen molar-refractivity contribution >= 4 is 6.09 Å². The van der Waals surface area contributed by atoms with Crippen molar-refractivity contribution in [1.82, 2.24) is 4.90 Å². The van der Waals surface area contributed by atoms with Crippen LogP contribution in [0, 0.1) is 5.92 Å². The number of likely N-dealkylation sites (tertiary alicyclic amines) is 1. The van der Waals surface area contributed by atoms with Crippen LogP contribution in [0.2, 0.25) is 0 Å². The third kappa shape index (κ3) is 3.56. The van der Waals surface area contributed by atoms with E-state index in [0.29, 0.717) is 19.5 Å². The normalized spacial score (nSPS) is 26.5. The van der Waals surface area contributed by atoms with Crippen LogP contribution in [0.1, 0.15) is 39.7 Å². The Balaban J connectivity index is 2.07. The summed E-state index contributed by atoms with van der Waals surface area (Å²) in [5, 5.41) is 11.0. The lowest BCUT2D eigenvalue weighted by molar-refractivity contribution is -0.0733. The number of benzene rings is 1.